The molecule has 2 aliphatic rings. The van der Waals surface area contributed by atoms with E-state index >= 15 is 0 Å². The van der Waals surface area contributed by atoms with E-state index in [0.29, 0.717) is 18.6 Å². The van der Waals surface area contributed by atoms with E-state index in [4.69, 9.17) is 9.47 Å². The van der Waals surface area contributed by atoms with Crippen molar-refractivity contribution >= 4 is 33.0 Å². The number of hydrogen-bond donors (Lipinski definition) is 5. The van der Waals surface area contributed by atoms with Crippen molar-refractivity contribution in [2.24, 2.45) is 0 Å². The van der Waals surface area contributed by atoms with Gasteiger partial charge in [-0.05, 0) is 53.8 Å². The van der Waals surface area contributed by atoms with E-state index in [-0.39, 0.29) is 34.8 Å². The molecule has 2 aromatic heterocycles. The largest absolute Gasteiger partial charge is 0.387 e. The number of aromatic nitrogens is 4. The molecule has 3 aromatic carbocycles. The second kappa shape index (κ2) is 13.8. The van der Waals surface area contributed by atoms with Gasteiger partial charge in [0.2, 0.25) is 5.95 Å². The molecule has 256 valence electrons. The molecular weight excluding hydrogens is 646 g/mol. The molecule has 4 atom stereocenters. The topological polar surface area (TPSA) is 173 Å². The molecule has 0 unspecified atom stereocenters. The van der Waals surface area contributed by atoms with Gasteiger partial charge >= 0.3 is 0 Å². The highest BCUT2D eigenvalue weighted by Crippen LogP contribution is 2.34. The van der Waals surface area contributed by atoms with Crippen molar-refractivity contribution in [2.45, 2.75) is 55.2 Å². The average Bonchev–Trinajstić information content (AvgIpc) is 3.65. The van der Waals surface area contributed by atoms with Gasteiger partial charge in [-0.15, -0.1) is 0 Å². The lowest BCUT2D eigenvalue weighted by Crippen LogP contribution is -2.33. The summed E-state index contributed by atoms with van der Waals surface area (Å²) >= 11 is 0. The zero-order valence-corrected chi connectivity index (χ0v) is 28.0. The first-order valence-corrected chi connectivity index (χ1v) is 17.7. The minimum absolute atomic E-state index is 0.0598. The number of imidazole rings is 1. The third kappa shape index (κ3) is 6.50. The fourth-order valence-corrected chi connectivity index (χ4v) is 7.92. The summed E-state index contributed by atoms with van der Waals surface area (Å²) in [6.07, 6.45) is -2.24. The van der Waals surface area contributed by atoms with E-state index in [0.717, 1.165) is 40.8 Å². The van der Waals surface area contributed by atoms with Gasteiger partial charge in [0.1, 0.15) is 18.3 Å². The van der Waals surface area contributed by atoms with Gasteiger partial charge in [-0.2, -0.15) is 9.97 Å². The van der Waals surface area contributed by atoms with Crippen molar-refractivity contribution in [3.63, 3.8) is 0 Å². The Kier molecular flexibility index (Phi) is 9.33. The van der Waals surface area contributed by atoms with E-state index < -0.39 is 34.6 Å². The van der Waals surface area contributed by atoms with E-state index in [2.05, 4.69) is 54.6 Å². The van der Waals surface area contributed by atoms with Crippen molar-refractivity contribution in [3.05, 3.63) is 107 Å². The predicted octanol–water partition coefficient (Wildman–Crippen LogP) is 3.09. The molecule has 0 aliphatic carbocycles. The summed E-state index contributed by atoms with van der Waals surface area (Å²) in [5.41, 5.74) is 5.47. The van der Waals surface area contributed by atoms with Crippen LogP contribution in [0, 0.1) is 6.92 Å². The number of nitrogens with zero attached hydrogens (tertiary/aromatic N) is 4. The Morgan fingerprint density at radius 1 is 1.00 bits per heavy atom. The maximum atomic E-state index is 14.0. The monoisotopic (exact) mass is 685 g/mol. The van der Waals surface area contributed by atoms with Gasteiger partial charge in [0.05, 0.1) is 17.8 Å². The summed E-state index contributed by atoms with van der Waals surface area (Å²) < 4.78 is 43.2. The molecule has 0 radical (unpaired) electrons. The predicted molar refractivity (Wildman–Crippen MR) is 184 cm³/mol. The van der Waals surface area contributed by atoms with Crippen molar-refractivity contribution in [1.82, 2.24) is 24.8 Å². The second-order valence-electron chi connectivity index (χ2n) is 12.3. The van der Waals surface area contributed by atoms with Crippen molar-refractivity contribution in [1.29, 1.82) is 0 Å². The van der Waals surface area contributed by atoms with Crippen molar-refractivity contribution in [2.75, 3.05) is 36.8 Å². The smallest absolute Gasteiger partial charge is 0.264 e. The lowest BCUT2D eigenvalue weighted by atomic mass is 9.91. The van der Waals surface area contributed by atoms with Crippen LogP contribution < -0.4 is 15.4 Å². The summed E-state index contributed by atoms with van der Waals surface area (Å²) in [6.45, 7) is 3.63. The molecule has 0 amide bonds. The number of aliphatic hydroxyl groups excluding tert-OH is 2. The van der Waals surface area contributed by atoms with Crippen LogP contribution in [-0.4, -0.2) is 83.3 Å². The molecule has 0 saturated carbocycles. The first kappa shape index (κ1) is 33.1. The summed E-state index contributed by atoms with van der Waals surface area (Å²) in [5, 5.41) is 28.3. The Labute approximate surface area is 284 Å². The molecule has 1 fully saturated rings. The van der Waals surface area contributed by atoms with Crippen molar-refractivity contribution in [3.8, 4) is 0 Å². The van der Waals surface area contributed by atoms with Crippen LogP contribution in [0.3, 0.4) is 0 Å². The van der Waals surface area contributed by atoms with Gasteiger partial charge in [-0.1, -0.05) is 66.7 Å². The highest BCUT2D eigenvalue weighted by atomic mass is 32.2. The minimum atomic E-state index is -4.13. The van der Waals surface area contributed by atoms with E-state index in [1.807, 2.05) is 49.4 Å². The SMILES string of the molecule is COC[C@H]1O[C@@H](n2cnc3c(NCC(c4ccccc4)c4ccccc4)nc(NS(=O)(=O)c4ccc(C)c5c4CNCC5)nc32)[C@H](O)[C@@H]1O. The standard InChI is InChI=1S/C35H39N7O6S/c1-21-13-14-28(26-17-36-16-15-24(21)26)49(45,46)41-35-39-32(37-18-25(22-9-5-3-6-10-22)23-11-7-4-8-12-23)29-33(40-35)42(20-38-29)34-31(44)30(43)27(48-34)19-47-2/h3-14,20,25,27,30-31,34,36,43-44H,15-19H2,1-2H3,(H2,37,39,40,41)/t27-,30-,31-,34-/m1/s1. The molecule has 13 nitrogen and oxygen atoms in total. The Morgan fingerprint density at radius 3 is 2.41 bits per heavy atom. The zero-order valence-electron chi connectivity index (χ0n) is 27.2. The van der Waals surface area contributed by atoms with Gasteiger partial charge < -0.3 is 30.3 Å². The first-order chi connectivity index (χ1) is 23.7. The fourth-order valence-electron chi connectivity index (χ4n) is 6.71. The van der Waals surface area contributed by atoms with Gasteiger partial charge in [-0.25, -0.2) is 18.1 Å². The Hall–Kier alpha value is -4.44. The van der Waals surface area contributed by atoms with Gasteiger partial charge in [0.15, 0.2) is 23.2 Å². The number of fused-ring (bicyclic) bond motifs is 2. The van der Waals surface area contributed by atoms with Gasteiger partial charge in [-0.3, -0.25) is 4.57 Å². The first-order valence-electron chi connectivity index (χ1n) is 16.2. The number of aryl methyl sites for hydroxylation is 1. The van der Waals surface area contributed by atoms with Crippen LogP contribution in [-0.2, 0) is 32.5 Å². The lowest BCUT2D eigenvalue weighted by Gasteiger charge is -2.22. The Balaban J connectivity index is 1.29. The maximum Gasteiger partial charge on any atom is 0.264 e. The van der Waals surface area contributed by atoms with Crippen molar-refractivity contribution < 1.29 is 28.1 Å². The molecule has 49 heavy (non-hydrogen) atoms. The van der Waals surface area contributed by atoms with E-state index in [9.17, 15) is 18.6 Å². The summed E-state index contributed by atoms with van der Waals surface area (Å²) in [7, 11) is -2.66. The third-order valence-electron chi connectivity index (χ3n) is 9.23. The number of anilines is 2. The number of hydrogen-bond acceptors (Lipinski definition) is 11. The molecule has 5 aromatic rings. The average molecular weight is 686 g/mol. The summed E-state index contributed by atoms with van der Waals surface area (Å²) in [4.78, 5) is 14.0. The normalized spacial score (nSPS) is 20.8. The third-order valence-corrected chi connectivity index (χ3v) is 10.6. The molecule has 5 N–H and O–H groups in total. The number of aliphatic hydroxyl groups is 2. The van der Waals surface area contributed by atoms with Crippen LogP contribution in [0.1, 0.15) is 40.0 Å². The molecule has 14 heteroatoms. The minimum Gasteiger partial charge on any atom is -0.387 e. The molecule has 7 rings (SSSR count). The number of rotatable bonds is 11. The van der Waals surface area contributed by atoms with Crippen LogP contribution in [0.25, 0.3) is 11.2 Å². The molecule has 1 saturated heterocycles. The second-order valence-corrected chi connectivity index (χ2v) is 14.0. The highest BCUT2D eigenvalue weighted by molar-refractivity contribution is 7.92. The van der Waals surface area contributed by atoms with Crippen LogP contribution in [0.2, 0.25) is 0 Å². The number of sulfonamides is 1. The summed E-state index contributed by atoms with van der Waals surface area (Å²) in [6, 6.07) is 23.5. The molecule has 0 bridgehead atoms. The number of ether oxygens (including phenoxy) is 2. The van der Waals surface area contributed by atoms with Crippen LogP contribution in [0.15, 0.2) is 84.0 Å². The van der Waals surface area contributed by atoms with E-state index in [1.165, 1.54) is 18.0 Å². The molecule has 0 spiro atoms. The molecular formula is C35H39N7O6S. The quantitative estimate of drug-likeness (QED) is 0.138. The zero-order chi connectivity index (χ0) is 34.1. The van der Waals surface area contributed by atoms with Crippen LogP contribution >= 0.6 is 0 Å². The number of benzene rings is 3. The van der Waals surface area contributed by atoms with Crippen LogP contribution in [0.4, 0.5) is 11.8 Å². The van der Waals surface area contributed by atoms with Gasteiger partial charge in [0.25, 0.3) is 10.0 Å². The lowest BCUT2D eigenvalue weighted by molar-refractivity contribution is -0.0580. The number of nitrogens with one attached hydrogen (secondary N) is 3. The fraction of sp³-hybridized carbons (Fsp3) is 0.343. The highest BCUT2D eigenvalue weighted by Gasteiger charge is 2.44. The molecule has 4 heterocycles. The van der Waals surface area contributed by atoms with Crippen LogP contribution in [0.5, 0.6) is 0 Å². The summed E-state index contributed by atoms with van der Waals surface area (Å²) in [5.74, 6) is 0.0193. The van der Waals surface area contributed by atoms with E-state index in [1.54, 1.807) is 6.07 Å². The number of methoxy groups -OCH3 is 1. The Bertz CT molecular complexity index is 2000. The Morgan fingerprint density at radius 2 is 1.71 bits per heavy atom. The van der Waals surface area contributed by atoms with Gasteiger partial charge in [0, 0.05) is 26.1 Å². The maximum absolute atomic E-state index is 14.0. The molecule has 2 aliphatic heterocycles.